The monoisotopic (exact) mass is 431 g/mol. The number of ether oxygens (including phenoxy) is 2. The molecule has 2 aliphatic heterocycles. The lowest BCUT2D eigenvalue weighted by Gasteiger charge is -2.32. The van der Waals surface area contributed by atoms with Gasteiger partial charge in [0.25, 0.3) is 0 Å². The molecule has 2 aliphatic rings. The Labute approximate surface area is 181 Å². The number of nitrogens with zero attached hydrogens (tertiary/aromatic N) is 3. The lowest BCUT2D eigenvalue weighted by molar-refractivity contribution is -0.134. The molecule has 2 N–H and O–H groups in total. The molecule has 0 amide bonds. The van der Waals surface area contributed by atoms with Gasteiger partial charge in [0.2, 0.25) is 0 Å². The van der Waals surface area contributed by atoms with Crippen molar-refractivity contribution in [3.63, 3.8) is 0 Å². The van der Waals surface area contributed by atoms with Crippen LogP contribution in [0, 0.1) is 0 Å². The number of carboxylic acids is 2. The summed E-state index contributed by atoms with van der Waals surface area (Å²) in [6.07, 6.45) is 1.12. The number of rotatable bonds is 6. The average molecular weight is 431 g/mol. The summed E-state index contributed by atoms with van der Waals surface area (Å²) < 4.78 is 13.2. The maximum absolute atomic E-state index is 9.55. The van der Waals surface area contributed by atoms with Gasteiger partial charge in [-0.25, -0.2) is 9.59 Å². The van der Waals surface area contributed by atoms with Crippen LogP contribution in [-0.4, -0.2) is 89.6 Å². The molecule has 0 bridgehead atoms. The number of fused-ring (bicyclic) bond motifs is 3. The Morgan fingerprint density at radius 3 is 2.32 bits per heavy atom. The zero-order chi connectivity index (χ0) is 22.2. The largest absolute Gasteiger partial charge is 0.497 e. The molecule has 31 heavy (non-hydrogen) atoms. The van der Waals surface area contributed by atoms with Crippen molar-refractivity contribution in [1.29, 1.82) is 0 Å². The van der Waals surface area contributed by atoms with Crippen LogP contribution in [0.15, 0.2) is 36.4 Å². The van der Waals surface area contributed by atoms with Crippen LogP contribution in [0.25, 0.3) is 10.9 Å². The molecule has 0 atom stereocenters. The smallest absolute Gasteiger partial charge is 0.328 e. The van der Waals surface area contributed by atoms with Crippen molar-refractivity contribution in [3.05, 3.63) is 42.1 Å². The summed E-state index contributed by atoms with van der Waals surface area (Å²) in [5.41, 5.74) is 2.75. The maximum atomic E-state index is 9.55. The van der Waals surface area contributed by atoms with Crippen molar-refractivity contribution in [1.82, 2.24) is 14.4 Å². The minimum Gasteiger partial charge on any atom is -0.497 e. The average Bonchev–Trinajstić information content (AvgIpc) is 3.14. The maximum Gasteiger partial charge on any atom is 0.328 e. The van der Waals surface area contributed by atoms with Gasteiger partial charge in [0.15, 0.2) is 0 Å². The molecule has 1 aromatic heterocycles. The Bertz CT molecular complexity index is 917. The van der Waals surface area contributed by atoms with Gasteiger partial charge in [-0.15, -0.1) is 0 Å². The summed E-state index contributed by atoms with van der Waals surface area (Å²) in [7, 11) is 1.73. The van der Waals surface area contributed by atoms with E-state index in [-0.39, 0.29) is 0 Å². The normalized spacial score (nSPS) is 17.2. The van der Waals surface area contributed by atoms with Gasteiger partial charge < -0.3 is 24.3 Å². The number of hydrogen-bond donors (Lipinski definition) is 2. The van der Waals surface area contributed by atoms with Crippen LogP contribution in [0.1, 0.15) is 5.69 Å². The third-order valence-corrected chi connectivity index (χ3v) is 5.42. The minimum absolute atomic E-state index is 0.558. The second-order valence-electron chi connectivity index (χ2n) is 7.45. The van der Waals surface area contributed by atoms with Crippen molar-refractivity contribution < 1.29 is 29.3 Å². The first-order valence-electron chi connectivity index (χ1n) is 10.3. The predicted octanol–water partition coefficient (Wildman–Crippen LogP) is 1.51. The van der Waals surface area contributed by atoms with Crippen molar-refractivity contribution in [2.75, 3.05) is 53.0 Å². The van der Waals surface area contributed by atoms with Gasteiger partial charge in [-0.05, 0) is 24.3 Å². The second-order valence-corrected chi connectivity index (χ2v) is 7.45. The minimum atomic E-state index is -1.26. The van der Waals surface area contributed by atoms with Gasteiger partial charge in [-0.2, -0.15) is 0 Å². The number of carboxylic acid groups (broad SMARTS) is 2. The van der Waals surface area contributed by atoms with E-state index >= 15 is 0 Å². The lowest BCUT2D eigenvalue weighted by atomic mass is 10.2. The molecule has 0 spiro atoms. The van der Waals surface area contributed by atoms with E-state index in [1.54, 1.807) is 7.11 Å². The van der Waals surface area contributed by atoms with Crippen molar-refractivity contribution in [3.8, 4) is 5.75 Å². The zero-order valence-electron chi connectivity index (χ0n) is 17.7. The summed E-state index contributed by atoms with van der Waals surface area (Å²) in [6, 6.07) is 8.69. The molecule has 9 nitrogen and oxygen atoms in total. The first kappa shape index (κ1) is 22.8. The Morgan fingerprint density at radius 1 is 1.00 bits per heavy atom. The zero-order valence-corrected chi connectivity index (χ0v) is 17.7. The molecule has 3 heterocycles. The summed E-state index contributed by atoms with van der Waals surface area (Å²) in [4.78, 5) is 24.2. The van der Waals surface area contributed by atoms with Crippen molar-refractivity contribution in [2.45, 2.75) is 13.1 Å². The molecular formula is C22H29N3O6. The second kappa shape index (κ2) is 10.9. The van der Waals surface area contributed by atoms with Gasteiger partial charge in [0, 0.05) is 74.6 Å². The molecule has 0 saturated carbocycles. The highest BCUT2D eigenvalue weighted by Gasteiger charge is 2.20. The van der Waals surface area contributed by atoms with Crippen LogP contribution in [-0.2, 0) is 27.4 Å². The molecular weight excluding hydrogens is 402 g/mol. The number of morpholine rings is 1. The standard InChI is InChI=1S/C18H25N3O2.C4H4O4/c1-22-17-2-3-18-15(13-17)12-16-14-20(6-7-21(16)18)5-4-19-8-10-23-11-9-19;5-3(6)1-2-4(7)8/h2-3,12-13H,4-11,14H2,1H3;1-2H,(H,5,6)(H,7,8). The first-order valence-corrected chi connectivity index (χ1v) is 10.3. The highest BCUT2D eigenvalue weighted by Crippen LogP contribution is 2.27. The Balaban J connectivity index is 0.000000293. The molecule has 1 aromatic carbocycles. The van der Waals surface area contributed by atoms with E-state index in [0.29, 0.717) is 12.2 Å². The van der Waals surface area contributed by atoms with E-state index in [2.05, 4.69) is 38.6 Å². The van der Waals surface area contributed by atoms with Crippen LogP contribution < -0.4 is 4.74 Å². The summed E-state index contributed by atoms with van der Waals surface area (Å²) in [5.74, 6) is -1.58. The quantitative estimate of drug-likeness (QED) is 0.664. The number of benzene rings is 1. The first-order chi connectivity index (χ1) is 15.0. The van der Waals surface area contributed by atoms with Crippen LogP contribution in [0.3, 0.4) is 0 Å². The van der Waals surface area contributed by atoms with Gasteiger partial charge in [-0.3, -0.25) is 9.80 Å². The Morgan fingerprint density at radius 2 is 1.68 bits per heavy atom. The van der Waals surface area contributed by atoms with E-state index < -0.39 is 11.9 Å². The van der Waals surface area contributed by atoms with Gasteiger partial charge >= 0.3 is 11.9 Å². The van der Waals surface area contributed by atoms with Gasteiger partial charge in [0.05, 0.1) is 20.3 Å². The highest BCUT2D eigenvalue weighted by atomic mass is 16.5. The van der Waals surface area contributed by atoms with E-state index in [1.165, 1.54) is 16.6 Å². The molecule has 168 valence electrons. The molecule has 0 unspecified atom stereocenters. The van der Waals surface area contributed by atoms with E-state index in [4.69, 9.17) is 19.7 Å². The molecule has 4 rings (SSSR count). The van der Waals surface area contributed by atoms with Crippen molar-refractivity contribution in [2.24, 2.45) is 0 Å². The number of aliphatic carboxylic acids is 2. The predicted molar refractivity (Wildman–Crippen MR) is 115 cm³/mol. The Hall–Kier alpha value is -2.88. The van der Waals surface area contributed by atoms with Crippen LogP contribution in [0.4, 0.5) is 0 Å². The van der Waals surface area contributed by atoms with Gasteiger partial charge in [0.1, 0.15) is 5.75 Å². The number of hydrogen-bond acceptors (Lipinski definition) is 6. The third-order valence-electron chi connectivity index (χ3n) is 5.42. The third kappa shape index (κ3) is 6.55. The number of methoxy groups -OCH3 is 1. The number of carbonyl (C=O) groups is 2. The van der Waals surface area contributed by atoms with E-state index in [0.717, 1.165) is 64.8 Å². The fraction of sp³-hybridized carbons (Fsp3) is 0.455. The molecule has 2 aromatic rings. The summed E-state index contributed by atoms with van der Waals surface area (Å²) in [6.45, 7) is 9.47. The van der Waals surface area contributed by atoms with Crippen LogP contribution in [0.5, 0.6) is 5.75 Å². The number of aromatic nitrogens is 1. The summed E-state index contributed by atoms with van der Waals surface area (Å²) in [5, 5.41) is 16.9. The van der Waals surface area contributed by atoms with Crippen LogP contribution >= 0.6 is 0 Å². The summed E-state index contributed by atoms with van der Waals surface area (Å²) >= 11 is 0. The Kier molecular flexibility index (Phi) is 8.05. The molecule has 0 radical (unpaired) electrons. The fourth-order valence-electron chi connectivity index (χ4n) is 3.82. The molecule has 1 fully saturated rings. The van der Waals surface area contributed by atoms with Crippen molar-refractivity contribution >= 4 is 22.8 Å². The topological polar surface area (TPSA) is 104 Å². The highest BCUT2D eigenvalue weighted by molar-refractivity contribution is 5.89. The van der Waals surface area contributed by atoms with E-state index in [1.807, 2.05) is 0 Å². The SMILES string of the molecule is COc1ccc2c(c1)cc1n2CCN(CCN2CCOCC2)C1.O=C(O)C=CC(=O)O. The molecule has 1 saturated heterocycles. The molecule has 9 heteroatoms. The van der Waals surface area contributed by atoms with Gasteiger partial charge in [-0.1, -0.05) is 0 Å². The van der Waals surface area contributed by atoms with Crippen LogP contribution in [0.2, 0.25) is 0 Å². The van der Waals surface area contributed by atoms with E-state index in [9.17, 15) is 9.59 Å². The molecule has 0 aliphatic carbocycles. The fourth-order valence-corrected chi connectivity index (χ4v) is 3.82. The lowest BCUT2D eigenvalue weighted by Crippen LogP contribution is -2.43.